The van der Waals surface area contributed by atoms with Gasteiger partial charge in [0.2, 0.25) is 0 Å². The lowest BCUT2D eigenvalue weighted by molar-refractivity contribution is -0.169. The van der Waals surface area contributed by atoms with Gasteiger partial charge in [0.05, 0.1) is 0 Å². The average Bonchev–Trinajstić information content (AvgIpc) is 3.04. The smallest absolute Gasteiger partial charge is 0.170 e. The van der Waals surface area contributed by atoms with Crippen LogP contribution >= 0.6 is 6.12 Å². The molecule has 0 aliphatic rings. The summed E-state index contributed by atoms with van der Waals surface area (Å²) in [6.45, 7) is 4.59. The Hall–Kier alpha value is 0.110. The number of benzene rings is 1. The van der Waals surface area contributed by atoms with Crippen molar-refractivity contribution >= 4 is 30.6 Å². The van der Waals surface area contributed by atoms with Gasteiger partial charge in [0.1, 0.15) is 0 Å². The van der Waals surface area contributed by atoms with Crippen molar-refractivity contribution in [1.29, 1.82) is 0 Å². The molecule has 2 nitrogen and oxygen atoms in total. The van der Waals surface area contributed by atoms with Crippen LogP contribution in [-0.4, -0.2) is 0 Å². The van der Waals surface area contributed by atoms with E-state index in [-0.39, 0.29) is 0 Å². The molecule has 1 rings (SSSR count). The maximum Gasteiger partial charge on any atom is 0.170 e. The van der Waals surface area contributed by atoms with E-state index in [1.165, 1.54) is 205 Å². The minimum absolute atomic E-state index is 0.648. The van der Waals surface area contributed by atoms with Gasteiger partial charge in [-0.05, 0) is 42.9 Å². The van der Waals surface area contributed by atoms with Crippen LogP contribution in [0.3, 0.4) is 0 Å². The third-order valence-corrected chi connectivity index (χ3v) is 10.8. The Balaban J connectivity index is 2.12. The molecule has 1 aromatic carbocycles. The molecule has 0 saturated carbocycles. The molecule has 0 atom stereocenters. The summed E-state index contributed by atoms with van der Waals surface area (Å²) < 4.78 is 5.59. The first-order chi connectivity index (χ1) is 23.0. The van der Waals surface area contributed by atoms with E-state index in [0.717, 1.165) is 24.8 Å². The van der Waals surface area contributed by atoms with Crippen LogP contribution in [0.15, 0.2) is 18.2 Å². The molecule has 0 amide bonds. The Labute approximate surface area is 306 Å². The second kappa shape index (κ2) is 33.3. The molecule has 276 valence electrons. The molecule has 0 aromatic heterocycles. The van der Waals surface area contributed by atoms with Crippen molar-refractivity contribution in [3.8, 4) is 5.75 Å². The SMILES string of the molecule is CCCCCCCCCCCCCCCCCCc1ccc(O[P+]([O-])([S-])[S-])c(CCCCCCCCCCCCCCCCCC)c1. The Kier molecular flexibility index (Phi) is 31.9. The monoisotopic (exact) mass is 709 g/mol. The highest BCUT2D eigenvalue weighted by molar-refractivity contribution is 8.69. The normalized spacial score (nSPS) is 11.9. The average molecular weight is 709 g/mol. The number of aryl methyl sites for hydroxylation is 2. The van der Waals surface area contributed by atoms with Gasteiger partial charge < -0.3 is 33.9 Å². The van der Waals surface area contributed by atoms with E-state index in [1.807, 2.05) is 6.07 Å². The Morgan fingerprint density at radius 1 is 0.447 bits per heavy atom. The quantitative estimate of drug-likeness (QED) is 0.0395. The van der Waals surface area contributed by atoms with Gasteiger partial charge in [0.25, 0.3) is 0 Å². The van der Waals surface area contributed by atoms with Gasteiger partial charge in [0, 0.05) is 0 Å². The molecular formula is C42H77O2PS2-2. The lowest BCUT2D eigenvalue weighted by atomic mass is 9.99. The van der Waals surface area contributed by atoms with Crippen LogP contribution in [0, 0.1) is 0 Å². The van der Waals surface area contributed by atoms with E-state index in [4.69, 9.17) is 29.0 Å². The lowest BCUT2D eigenvalue weighted by Crippen LogP contribution is -2.10. The van der Waals surface area contributed by atoms with Crippen LogP contribution in [0.2, 0.25) is 0 Å². The zero-order valence-corrected chi connectivity index (χ0v) is 33.9. The summed E-state index contributed by atoms with van der Waals surface area (Å²) in [6.07, 6.45) is 43.0. The van der Waals surface area contributed by atoms with Gasteiger partial charge in [-0.25, -0.2) is 0 Å². The van der Waals surface area contributed by atoms with Crippen molar-refractivity contribution < 1.29 is 9.42 Å². The van der Waals surface area contributed by atoms with Crippen LogP contribution in [0.1, 0.15) is 230 Å². The van der Waals surface area contributed by atoms with E-state index in [9.17, 15) is 4.89 Å². The van der Waals surface area contributed by atoms with Crippen molar-refractivity contribution in [3.63, 3.8) is 0 Å². The molecule has 5 heteroatoms. The summed E-state index contributed by atoms with van der Waals surface area (Å²) >= 11 is 9.88. The van der Waals surface area contributed by atoms with E-state index in [0.29, 0.717) is 5.75 Å². The topological polar surface area (TPSA) is 32.3 Å². The summed E-state index contributed by atoms with van der Waals surface area (Å²) in [7, 11) is 0. The van der Waals surface area contributed by atoms with E-state index in [2.05, 4.69) is 26.0 Å². The zero-order chi connectivity index (χ0) is 34.1. The number of hydrogen-bond acceptors (Lipinski definition) is 4. The third-order valence-electron chi connectivity index (χ3n) is 9.95. The molecule has 0 fully saturated rings. The Bertz CT molecular complexity index is 797. The Morgan fingerprint density at radius 3 is 1.06 bits per heavy atom. The first-order valence-corrected chi connectivity index (χ1v) is 24.4. The summed E-state index contributed by atoms with van der Waals surface area (Å²) in [5, 5.41) is 0. The fourth-order valence-corrected chi connectivity index (χ4v) is 7.83. The number of hydrogen-bond donors (Lipinski definition) is 0. The first-order valence-electron chi connectivity index (χ1n) is 20.8. The number of unbranched alkanes of at least 4 members (excludes halogenated alkanes) is 30. The predicted molar refractivity (Wildman–Crippen MR) is 215 cm³/mol. The fourth-order valence-electron chi connectivity index (χ4n) is 6.93. The van der Waals surface area contributed by atoms with Crippen molar-refractivity contribution in [2.45, 2.75) is 232 Å². The van der Waals surface area contributed by atoms with Crippen molar-refractivity contribution in [1.82, 2.24) is 0 Å². The minimum atomic E-state index is -3.39. The number of rotatable bonds is 36. The van der Waals surface area contributed by atoms with E-state index >= 15 is 0 Å². The highest BCUT2D eigenvalue weighted by Gasteiger charge is 2.09. The molecule has 1 aromatic rings. The molecule has 0 radical (unpaired) electrons. The third kappa shape index (κ3) is 30.6. The molecule has 0 heterocycles. The molecule has 0 N–H and O–H groups in total. The van der Waals surface area contributed by atoms with Crippen LogP contribution in [0.5, 0.6) is 5.75 Å². The van der Waals surface area contributed by atoms with E-state index < -0.39 is 6.12 Å². The zero-order valence-electron chi connectivity index (χ0n) is 31.4. The van der Waals surface area contributed by atoms with Crippen molar-refractivity contribution in [2.75, 3.05) is 0 Å². The van der Waals surface area contributed by atoms with Crippen LogP contribution in [-0.2, 0) is 37.3 Å². The molecule has 0 bridgehead atoms. The van der Waals surface area contributed by atoms with E-state index in [1.54, 1.807) is 0 Å². The molecule has 0 saturated heterocycles. The highest BCUT2D eigenvalue weighted by Crippen LogP contribution is 2.47. The maximum absolute atomic E-state index is 12.1. The van der Waals surface area contributed by atoms with Gasteiger partial charge in [-0.15, -0.1) is 6.12 Å². The van der Waals surface area contributed by atoms with Crippen LogP contribution in [0.4, 0.5) is 0 Å². The molecule has 0 spiro atoms. The lowest BCUT2D eigenvalue weighted by Gasteiger charge is -2.42. The van der Waals surface area contributed by atoms with Crippen molar-refractivity contribution in [2.24, 2.45) is 0 Å². The summed E-state index contributed by atoms with van der Waals surface area (Å²) in [4.78, 5) is 12.1. The summed E-state index contributed by atoms with van der Waals surface area (Å²) in [6, 6.07) is 6.36. The van der Waals surface area contributed by atoms with Crippen LogP contribution in [0.25, 0.3) is 0 Å². The summed E-state index contributed by atoms with van der Waals surface area (Å²) in [5.74, 6) is 0.648. The highest BCUT2D eigenvalue weighted by atomic mass is 33.1. The molecule has 0 unspecified atom stereocenters. The predicted octanol–water partition coefficient (Wildman–Crippen LogP) is 14.8. The standard InChI is InChI=1S/C42H79O2PS2/c1-3-5-7-9-11-13-15-17-19-21-23-25-27-29-31-33-35-40-37-38-42(44-45(43,46)47)41(39-40)36-34-32-30-28-26-24-22-20-18-16-14-12-10-8-6-4-2/h37-39H,3-36H2,1-2H3,(H2,43,46,47)/p-2. The first kappa shape index (κ1) is 45.1. The second-order valence-corrected chi connectivity index (χ2v) is 19.2. The van der Waals surface area contributed by atoms with Crippen molar-refractivity contribution in [3.05, 3.63) is 29.3 Å². The minimum Gasteiger partial charge on any atom is -0.682 e. The fraction of sp³-hybridized carbons (Fsp3) is 0.857. The molecular weight excluding hydrogens is 632 g/mol. The summed E-state index contributed by atoms with van der Waals surface area (Å²) in [5.41, 5.74) is 2.50. The molecule has 0 aliphatic carbocycles. The Morgan fingerprint density at radius 2 is 0.745 bits per heavy atom. The van der Waals surface area contributed by atoms with Gasteiger partial charge in [0.15, 0.2) is 5.75 Å². The van der Waals surface area contributed by atoms with Gasteiger partial charge in [-0.1, -0.05) is 219 Å². The maximum atomic E-state index is 12.1. The second-order valence-electron chi connectivity index (χ2n) is 14.6. The largest absolute Gasteiger partial charge is 0.682 e. The van der Waals surface area contributed by atoms with Gasteiger partial charge in [-0.2, -0.15) is 0 Å². The van der Waals surface area contributed by atoms with Gasteiger partial charge >= 0.3 is 0 Å². The van der Waals surface area contributed by atoms with Gasteiger partial charge in [-0.3, -0.25) is 0 Å². The van der Waals surface area contributed by atoms with Crippen LogP contribution < -0.4 is 9.42 Å². The molecule has 0 aliphatic heterocycles. The molecule has 47 heavy (non-hydrogen) atoms.